The first-order valence-corrected chi connectivity index (χ1v) is 9.36. The molecule has 0 rings (SSSR count). The zero-order valence-corrected chi connectivity index (χ0v) is 11.8. The summed E-state index contributed by atoms with van der Waals surface area (Å²) in [5, 5.41) is 0. The van der Waals surface area contributed by atoms with Crippen LogP contribution in [0.2, 0.25) is 24.7 Å². The number of nitrogens with two attached hydrogens (primary N) is 1. The summed E-state index contributed by atoms with van der Waals surface area (Å²) in [7, 11) is -0.920. The van der Waals surface area contributed by atoms with Crippen LogP contribution in [0, 0.1) is 0 Å². The molecule has 0 fully saturated rings. The van der Waals surface area contributed by atoms with Crippen LogP contribution in [-0.2, 0) is 0 Å². The van der Waals surface area contributed by atoms with E-state index in [9.17, 15) is 0 Å². The molecule has 0 heterocycles. The number of hydrogen-bond acceptors (Lipinski definition) is 1. The molecular weight excluding hydrogens is 186 g/mol. The smallest absolute Gasteiger partial charge is 0.0500 e. The lowest BCUT2D eigenvalue weighted by Gasteiger charge is -2.32. The fourth-order valence-corrected chi connectivity index (χ4v) is 4.07. The highest BCUT2D eigenvalue weighted by Crippen LogP contribution is 2.27. The standard InChI is InChI=1S/C12H29NSi/c1-6-12(13,7-2)10-11-14(5,8-3)9-4/h6-11,13H2,1-5H3. The molecule has 14 heavy (non-hydrogen) atoms. The van der Waals surface area contributed by atoms with Gasteiger partial charge in [0.25, 0.3) is 0 Å². The van der Waals surface area contributed by atoms with Crippen LogP contribution in [0.3, 0.4) is 0 Å². The van der Waals surface area contributed by atoms with E-state index in [1.54, 1.807) is 0 Å². The average Bonchev–Trinajstić information content (AvgIpc) is 2.25. The maximum atomic E-state index is 6.34. The normalized spacial score (nSPS) is 13.3. The van der Waals surface area contributed by atoms with Crippen LogP contribution in [0.25, 0.3) is 0 Å². The Kier molecular flexibility index (Phi) is 5.99. The van der Waals surface area contributed by atoms with Gasteiger partial charge in [-0.1, -0.05) is 52.4 Å². The van der Waals surface area contributed by atoms with Gasteiger partial charge in [0.1, 0.15) is 0 Å². The second kappa shape index (κ2) is 5.91. The first-order valence-electron chi connectivity index (χ1n) is 6.24. The highest BCUT2D eigenvalue weighted by molar-refractivity contribution is 6.78. The Bertz CT molecular complexity index is 130. The molecule has 0 aromatic carbocycles. The maximum absolute atomic E-state index is 6.34. The van der Waals surface area contributed by atoms with Crippen LogP contribution in [0.1, 0.15) is 47.0 Å². The molecule has 0 aliphatic carbocycles. The highest BCUT2D eigenvalue weighted by Gasteiger charge is 2.27. The topological polar surface area (TPSA) is 26.0 Å². The van der Waals surface area contributed by atoms with Gasteiger partial charge in [-0.2, -0.15) is 0 Å². The summed E-state index contributed by atoms with van der Waals surface area (Å²) in [5.41, 5.74) is 6.46. The van der Waals surface area contributed by atoms with Gasteiger partial charge in [0, 0.05) is 13.6 Å². The molecule has 0 aliphatic rings. The third kappa shape index (κ3) is 4.14. The lowest BCUT2D eigenvalue weighted by molar-refractivity contribution is 0.380. The van der Waals surface area contributed by atoms with Gasteiger partial charge >= 0.3 is 0 Å². The minimum absolute atomic E-state index is 0.124. The van der Waals surface area contributed by atoms with E-state index in [4.69, 9.17) is 5.73 Å². The van der Waals surface area contributed by atoms with Crippen LogP contribution in [-0.4, -0.2) is 13.6 Å². The van der Waals surface area contributed by atoms with Crippen molar-refractivity contribution in [1.29, 1.82) is 0 Å². The molecular formula is C12H29NSi. The Labute approximate surface area is 91.5 Å². The molecule has 2 N–H and O–H groups in total. The minimum Gasteiger partial charge on any atom is -0.325 e. The molecule has 1 nitrogen and oxygen atoms in total. The van der Waals surface area contributed by atoms with Gasteiger partial charge < -0.3 is 5.73 Å². The van der Waals surface area contributed by atoms with Crippen molar-refractivity contribution in [1.82, 2.24) is 0 Å². The second-order valence-electron chi connectivity index (χ2n) is 5.09. The van der Waals surface area contributed by atoms with Crippen molar-refractivity contribution in [2.45, 2.75) is 77.2 Å². The highest BCUT2D eigenvalue weighted by atomic mass is 28.3. The molecule has 2 heteroatoms. The van der Waals surface area contributed by atoms with Crippen molar-refractivity contribution < 1.29 is 0 Å². The summed E-state index contributed by atoms with van der Waals surface area (Å²) in [6.07, 6.45) is 3.49. The molecule has 0 bridgehead atoms. The van der Waals surface area contributed by atoms with Gasteiger partial charge in [0.05, 0.1) is 0 Å². The SMILES string of the molecule is CCC(N)(CC)CC[Si](C)(CC)CC. The van der Waals surface area contributed by atoms with E-state index in [0.29, 0.717) is 0 Å². The van der Waals surface area contributed by atoms with Crippen LogP contribution >= 0.6 is 0 Å². The lowest BCUT2D eigenvalue weighted by atomic mass is 9.91. The van der Waals surface area contributed by atoms with Crippen molar-refractivity contribution >= 4 is 8.07 Å². The van der Waals surface area contributed by atoms with E-state index < -0.39 is 8.07 Å². The summed E-state index contributed by atoms with van der Waals surface area (Å²) < 4.78 is 0. The Balaban J connectivity index is 4.14. The van der Waals surface area contributed by atoms with Crippen molar-refractivity contribution in [3.05, 3.63) is 0 Å². The van der Waals surface area contributed by atoms with Crippen LogP contribution in [0.4, 0.5) is 0 Å². The molecule has 0 aliphatic heterocycles. The first-order chi connectivity index (χ1) is 6.45. The third-order valence-corrected chi connectivity index (χ3v) is 9.21. The predicted octanol–water partition coefficient (Wildman–Crippen LogP) is 4.01. The zero-order valence-electron chi connectivity index (χ0n) is 10.8. The van der Waals surface area contributed by atoms with Gasteiger partial charge in [0.15, 0.2) is 0 Å². The minimum atomic E-state index is -0.920. The van der Waals surface area contributed by atoms with Crippen molar-refractivity contribution in [2.75, 3.05) is 0 Å². The quantitative estimate of drug-likeness (QED) is 0.638. The summed E-state index contributed by atoms with van der Waals surface area (Å²) >= 11 is 0. The Morgan fingerprint density at radius 2 is 1.43 bits per heavy atom. The Hall–Kier alpha value is 0.177. The van der Waals surface area contributed by atoms with E-state index in [-0.39, 0.29) is 5.54 Å². The van der Waals surface area contributed by atoms with E-state index in [1.807, 2.05) is 0 Å². The number of hydrogen-bond donors (Lipinski definition) is 1. The Morgan fingerprint density at radius 3 is 1.71 bits per heavy atom. The second-order valence-corrected chi connectivity index (χ2v) is 10.6. The molecule has 0 amide bonds. The molecule has 0 unspecified atom stereocenters. The summed E-state index contributed by atoms with van der Waals surface area (Å²) in [5.74, 6) is 0. The molecule has 0 saturated heterocycles. The average molecular weight is 215 g/mol. The zero-order chi connectivity index (χ0) is 11.2. The van der Waals surface area contributed by atoms with Crippen LogP contribution in [0.5, 0.6) is 0 Å². The van der Waals surface area contributed by atoms with Gasteiger partial charge in [-0.3, -0.25) is 0 Å². The molecule has 0 saturated carbocycles. The molecule has 0 spiro atoms. The van der Waals surface area contributed by atoms with Gasteiger partial charge in [-0.05, 0) is 19.3 Å². The van der Waals surface area contributed by atoms with Gasteiger partial charge in [0.2, 0.25) is 0 Å². The molecule has 0 radical (unpaired) electrons. The van der Waals surface area contributed by atoms with Gasteiger partial charge in [-0.25, -0.2) is 0 Å². The number of rotatable bonds is 7. The summed E-state index contributed by atoms with van der Waals surface area (Å²) in [6, 6.07) is 4.23. The Morgan fingerprint density at radius 1 is 1.00 bits per heavy atom. The molecule has 0 atom stereocenters. The fourth-order valence-electron chi connectivity index (χ4n) is 1.76. The summed E-state index contributed by atoms with van der Waals surface area (Å²) in [4.78, 5) is 0. The van der Waals surface area contributed by atoms with E-state index >= 15 is 0 Å². The molecule has 86 valence electrons. The van der Waals surface area contributed by atoms with Gasteiger partial charge in [-0.15, -0.1) is 0 Å². The molecule has 0 aromatic rings. The van der Waals surface area contributed by atoms with E-state index in [1.165, 1.54) is 24.6 Å². The maximum Gasteiger partial charge on any atom is 0.0500 e. The van der Waals surface area contributed by atoms with E-state index in [2.05, 4.69) is 34.2 Å². The monoisotopic (exact) mass is 215 g/mol. The fraction of sp³-hybridized carbons (Fsp3) is 1.00. The van der Waals surface area contributed by atoms with Crippen molar-refractivity contribution in [2.24, 2.45) is 5.73 Å². The largest absolute Gasteiger partial charge is 0.325 e. The lowest BCUT2D eigenvalue weighted by Crippen LogP contribution is -2.41. The third-order valence-electron chi connectivity index (χ3n) is 4.34. The van der Waals surface area contributed by atoms with Crippen molar-refractivity contribution in [3.63, 3.8) is 0 Å². The predicted molar refractivity (Wildman–Crippen MR) is 69.5 cm³/mol. The van der Waals surface area contributed by atoms with Crippen LogP contribution in [0.15, 0.2) is 0 Å². The first kappa shape index (κ1) is 14.2. The van der Waals surface area contributed by atoms with Crippen LogP contribution < -0.4 is 5.73 Å². The molecule has 0 aromatic heterocycles. The van der Waals surface area contributed by atoms with E-state index in [0.717, 1.165) is 12.8 Å². The van der Waals surface area contributed by atoms with Crippen molar-refractivity contribution in [3.8, 4) is 0 Å². The summed E-state index contributed by atoms with van der Waals surface area (Å²) in [6.45, 7) is 11.7.